The number of hydrogen-bond acceptors (Lipinski definition) is 3. The van der Waals surface area contributed by atoms with Crippen molar-refractivity contribution in [1.82, 2.24) is 5.32 Å². The van der Waals surface area contributed by atoms with E-state index in [1.807, 2.05) is 0 Å². The lowest BCUT2D eigenvalue weighted by molar-refractivity contribution is 0.160. The maximum atomic E-state index is 13.3. The lowest BCUT2D eigenvalue weighted by atomic mass is 10.1. The van der Waals surface area contributed by atoms with Crippen molar-refractivity contribution in [2.24, 2.45) is 0 Å². The Hall–Kier alpha value is -1.29. The zero-order valence-corrected chi connectivity index (χ0v) is 8.37. The van der Waals surface area contributed by atoms with Crippen molar-refractivity contribution in [2.75, 3.05) is 13.1 Å². The summed E-state index contributed by atoms with van der Waals surface area (Å²) in [5, 5.41) is 12.4. The molecule has 1 heterocycles. The predicted octanol–water partition coefficient (Wildman–Crippen LogP) is 1.66. The van der Waals surface area contributed by atoms with Gasteiger partial charge in [-0.25, -0.2) is 4.39 Å². The van der Waals surface area contributed by atoms with Gasteiger partial charge in [0.05, 0.1) is 0 Å². The van der Waals surface area contributed by atoms with Gasteiger partial charge in [0.15, 0.2) is 11.6 Å². The van der Waals surface area contributed by atoms with Crippen molar-refractivity contribution in [1.29, 1.82) is 0 Å². The van der Waals surface area contributed by atoms with Crippen molar-refractivity contribution in [3.05, 3.63) is 24.0 Å². The van der Waals surface area contributed by atoms with Gasteiger partial charge in [-0.3, -0.25) is 0 Å². The van der Waals surface area contributed by atoms with E-state index in [0.29, 0.717) is 0 Å². The normalized spacial score (nSPS) is 21.3. The first kappa shape index (κ1) is 10.2. The van der Waals surface area contributed by atoms with E-state index in [2.05, 4.69) is 5.32 Å². The van der Waals surface area contributed by atoms with Gasteiger partial charge in [-0.05, 0) is 31.5 Å². The minimum absolute atomic E-state index is 0.00458. The second-order valence-electron chi connectivity index (χ2n) is 3.70. The molecular weight excluding hydrogens is 197 g/mol. The molecule has 1 aromatic rings. The lowest BCUT2D eigenvalue weighted by Crippen LogP contribution is -2.37. The van der Waals surface area contributed by atoms with Gasteiger partial charge < -0.3 is 15.2 Å². The van der Waals surface area contributed by atoms with Crippen LogP contribution < -0.4 is 10.1 Å². The summed E-state index contributed by atoms with van der Waals surface area (Å²) in [6.45, 7) is 1.72. The Morgan fingerprint density at radius 3 is 3.07 bits per heavy atom. The average Bonchev–Trinajstić information content (AvgIpc) is 2.25. The molecule has 1 unspecified atom stereocenters. The van der Waals surface area contributed by atoms with E-state index >= 15 is 0 Å². The van der Waals surface area contributed by atoms with Gasteiger partial charge in [-0.2, -0.15) is 0 Å². The summed E-state index contributed by atoms with van der Waals surface area (Å²) in [4.78, 5) is 0. The van der Waals surface area contributed by atoms with Crippen LogP contribution in [0.2, 0.25) is 0 Å². The molecule has 2 rings (SSSR count). The Kier molecular flexibility index (Phi) is 3.06. The summed E-state index contributed by atoms with van der Waals surface area (Å²) < 4.78 is 18.7. The number of piperidine rings is 1. The van der Waals surface area contributed by atoms with Crippen LogP contribution in [0.1, 0.15) is 12.8 Å². The maximum absolute atomic E-state index is 13.3. The number of rotatable bonds is 2. The summed E-state index contributed by atoms with van der Waals surface area (Å²) in [5.41, 5.74) is 0. The van der Waals surface area contributed by atoms with E-state index in [4.69, 9.17) is 4.74 Å². The number of aromatic hydroxyl groups is 1. The largest absolute Gasteiger partial charge is 0.508 e. The number of benzene rings is 1. The third kappa shape index (κ3) is 2.59. The van der Waals surface area contributed by atoms with Crippen molar-refractivity contribution in [3.63, 3.8) is 0 Å². The van der Waals surface area contributed by atoms with Crippen molar-refractivity contribution >= 4 is 0 Å². The molecule has 1 fully saturated rings. The summed E-state index contributed by atoms with van der Waals surface area (Å²) in [6.07, 6.45) is 1.95. The predicted molar refractivity (Wildman–Crippen MR) is 54.6 cm³/mol. The zero-order valence-electron chi connectivity index (χ0n) is 8.37. The first-order chi connectivity index (χ1) is 7.25. The molecule has 82 valence electrons. The van der Waals surface area contributed by atoms with E-state index in [0.717, 1.165) is 25.9 Å². The third-order valence-electron chi connectivity index (χ3n) is 2.46. The second kappa shape index (κ2) is 4.49. The molecule has 15 heavy (non-hydrogen) atoms. The molecule has 2 N–H and O–H groups in total. The van der Waals surface area contributed by atoms with Gasteiger partial charge in [-0.15, -0.1) is 0 Å². The van der Waals surface area contributed by atoms with E-state index in [-0.39, 0.29) is 17.6 Å². The summed E-state index contributed by atoms with van der Waals surface area (Å²) >= 11 is 0. The summed E-state index contributed by atoms with van der Waals surface area (Å²) in [6, 6.07) is 3.83. The van der Waals surface area contributed by atoms with Gasteiger partial charge in [0.1, 0.15) is 11.9 Å². The first-order valence-electron chi connectivity index (χ1n) is 5.11. The van der Waals surface area contributed by atoms with Crippen LogP contribution in [0, 0.1) is 5.82 Å². The Balaban J connectivity index is 2.05. The molecule has 0 bridgehead atoms. The Morgan fingerprint density at radius 2 is 2.33 bits per heavy atom. The number of halogens is 1. The molecule has 0 aliphatic carbocycles. The fourth-order valence-electron chi connectivity index (χ4n) is 1.68. The Labute approximate surface area is 87.9 Å². The molecule has 0 saturated carbocycles. The number of phenols is 1. The summed E-state index contributed by atoms with van der Waals surface area (Å²) in [5.74, 6) is -0.280. The van der Waals surface area contributed by atoms with E-state index < -0.39 is 5.82 Å². The third-order valence-corrected chi connectivity index (χ3v) is 2.46. The van der Waals surface area contributed by atoms with Crippen LogP contribution in [0.25, 0.3) is 0 Å². The molecule has 1 aliphatic rings. The minimum atomic E-state index is -0.432. The standard InChI is InChI=1S/C11H14FNO2/c12-10-4-3-8(14)6-11(10)15-9-2-1-5-13-7-9/h3-4,6,9,13-14H,1-2,5,7H2. The highest BCUT2D eigenvalue weighted by Crippen LogP contribution is 2.24. The van der Waals surface area contributed by atoms with E-state index in [1.54, 1.807) is 0 Å². The van der Waals surface area contributed by atoms with Gasteiger partial charge in [-0.1, -0.05) is 0 Å². The van der Waals surface area contributed by atoms with Gasteiger partial charge >= 0.3 is 0 Å². The molecule has 1 aromatic carbocycles. The van der Waals surface area contributed by atoms with Crippen LogP contribution in [-0.4, -0.2) is 24.3 Å². The average molecular weight is 211 g/mol. The molecular formula is C11H14FNO2. The lowest BCUT2D eigenvalue weighted by Gasteiger charge is -2.24. The molecule has 4 heteroatoms. The number of phenolic OH excluding ortho intramolecular Hbond substituents is 1. The quantitative estimate of drug-likeness (QED) is 0.781. The minimum Gasteiger partial charge on any atom is -0.508 e. The molecule has 0 radical (unpaired) electrons. The zero-order chi connectivity index (χ0) is 10.7. The highest BCUT2D eigenvalue weighted by molar-refractivity contribution is 5.33. The van der Waals surface area contributed by atoms with Crippen LogP contribution in [0.3, 0.4) is 0 Å². The smallest absolute Gasteiger partial charge is 0.165 e. The topological polar surface area (TPSA) is 41.5 Å². The number of ether oxygens (including phenoxy) is 1. The van der Waals surface area contributed by atoms with Crippen LogP contribution >= 0.6 is 0 Å². The van der Waals surface area contributed by atoms with Crippen molar-refractivity contribution < 1.29 is 14.2 Å². The maximum Gasteiger partial charge on any atom is 0.165 e. The van der Waals surface area contributed by atoms with Gasteiger partial charge in [0.25, 0.3) is 0 Å². The summed E-state index contributed by atoms with van der Waals surface area (Å²) in [7, 11) is 0. The van der Waals surface area contributed by atoms with Crippen LogP contribution in [-0.2, 0) is 0 Å². The van der Waals surface area contributed by atoms with E-state index in [9.17, 15) is 9.50 Å². The fraction of sp³-hybridized carbons (Fsp3) is 0.455. The molecule has 1 saturated heterocycles. The van der Waals surface area contributed by atoms with Crippen LogP contribution in [0.15, 0.2) is 18.2 Å². The Morgan fingerprint density at radius 1 is 1.47 bits per heavy atom. The highest BCUT2D eigenvalue weighted by Gasteiger charge is 2.16. The van der Waals surface area contributed by atoms with Gasteiger partial charge in [0.2, 0.25) is 0 Å². The fourth-order valence-corrected chi connectivity index (χ4v) is 1.68. The molecule has 1 aliphatic heterocycles. The molecule has 0 spiro atoms. The molecule has 3 nitrogen and oxygen atoms in total. The van der Waals surface area contributed by atoms with Gasteiger partial charge in [0, 0.05) is 12.6 Å². The second-order valence-corrected chi connectivity index (χ2v) is 3.70. The van der Waals surface area contributed by atoms with Crippen molar-refractivity contribution in [3.8, 4) is 11.5 Å². The molecule has 0 aromatic heterocycles. The monoisotopic (exact) mass is 211 g/mol. The van der Waals surface area contributed by atoms with E-state index in [1.165, 1.54) is 18.2 Å². The SMILES string of the molecule is Oc1ccc(F)c(OC2CCCNC2)c1. The molecule has 1 atom stereocenters. The first-order valence-corrected chi connectivity index (χ1v) is 5.11. The number of nitrogens with one attached hydrogen (secondary N) is 1. The van der Waals surface area contributed by atoms with Crippen LogP contribution in [0.5, 0.6) is 11.5 Å². The van der Waals surface area contributed by atoms with Crippen molar-refractivity contribution in [2.45, 2.75) is 18.9 Å². The van der Waals surface area contributed by atoms with Crippen LogP contribution in [0.4, 0.5) is 4.39 Å². The number of hydrogen-bond donors (Lipinski definition) is 2. The Bertz CT molecular complexity index is 337. The highest BCUT2D eigenvalue weighted by atomic mass is 19.1. The molecule has 0 amide bonds.